The third kappa shape index (κ3) is 5.10. The molecular formula is C19H25N7O2S. The van der Waals surface area contributed by atoms with Crippen LogP contribution in [-0.4, -0.2) is 35.4 Å². The van der Waals surface area contributed by atoms with E-state index in [1.165, 1.54) is 0 Å². The molecule has 0 radical (unpaired) electrons. The number of benzene rings is 1. The average molecular weight is 416 g/mol. The van der Waals surface area contributed by atoms with Gasteiger partial charge in [0.15, 0.2) is 5.65 Å². The fraction of sp³-hybridized carbons (Fsp3) is 0.368. The van der Waals surface area contributed by atoms with Crippen molar-refractivity contribution in [3.05, 3.63) is 48.3 Å². The zero-order valence-corrected chi connectivity index (χ0v) is 16.7. The van der Waals surface area contributed by atoms with Gasteiger partial charge >= 0.3 is 0 Å². The normalized spacial score (nSPS) is 20.5. The van der Waals surface area contributed by atoms with Crippen LogP contribution in [0, 0.1) is 0 Å². The van der Waals surface area contributed by atoms with Crippen molar-refractivity contribution in [2.45, 2.75) is 44.3 Å². The summed E-state index contributed by atoms with van der Waals surface area (Å²) in [6.45, 7) is 0.322. The molecule has 154 valence electrons. The van der Waals surface area contributed by atoms with E-state index in [4.69, 9.17) is 10.3 Å². The van der Waals surface area contributed by atoms with E-state index in [0.717, 1.165) is 54.1 Å². The largest absolute Gasteiger partial charge is 0.366 e. The highest BCUT2D eigenvalue weighted by Gasteiger charge is 2.19. The summed E-state index contributed by atoms with van der Waals surface area (Å²) in [4.78, 5) is 4.40. The van der Waals surface area contributed by atoms with Crippen LogP contribution in [0.1, 0.15) is 31.2 Å². The van der Waals surface area contributed by atoms with Gasteiger partial charge in [0, 0.05) is 42.8 Å². The van der Waals surface area contributed by atoms with Crippen molar-refractivity contribution in [3.63, 3.8) is 0 Å². The Bertz CT molecular complexity index is 984. The first kappa shape index (κ1) is 19.8. The van der Waals surface area contributed by atoms with E-state index in [1.807, 2.05) is 36.5 Å². The second-order valence-electron chi connectivity index (χ2n) is 7.29. The van der Waals surface area contributed by atoms with Gasteiger partial charge in [0.1, 0.15) is 5.82 Å². The molecule has 1 aliphatic carbocycles. The van der Waals surface area contributed by atoms with E-state index >= 15 is 0 Å². The molecule has 3 aromatic rings. The lowest BCUT2D eigenvalue weighted by Crippen LogP contribution is -2.33. The van der Waals surface area contributed by atoms with Crippen LogP contribution in [0.15, 0.2) is 42.7 Å². The highest BCUT2D eigenvalue weighted by Crippen LogP contribution is 2.26. The second kappa shape index (κ2) is 8.87. The van der Waals surface area contributed by atoms with Crippen molar-refractivity contribution >= 4 is 34.1 Å². The van der Waals surface area contributed by atoms with Crippen molar-refractivity contribution in [3.8, 4) is 0 Å². The molecule has 1 aromatic carbocycles. The first-order chi connectivity index (χ1) is 14.1. The summed E-state index contributed by atoms with van der Waals surface area (Å²) >= 11 is -2.02. The molecule has 9 nitrogen and oxygen atoms in total. The molecule has 6 N–H and O–H groups in total. The molecule has 0 aliphatic heterocycles. The smallest absolute Gasteiger partial charge is 0.232 e. The Morgan fingerprint density at radius 1 is 1.21 bits per heavy atom. The Hall–Kier alpha value is -2.53. The Morgan fingerprint density at radius 3 is 2.69 bits per heavy atom. The minimum atomic E-state index is -2.02. The van der Waals surface area contributed by atoms with Crippen LogP contribution in [-0.2, 0) is 17.8 Å². The van der Waals surface area contributed by atoms with Gasteiger partial charge in [-0.1, -0.05) is 12.1 Å². The van der Waals surface area contributed by atoms with Crippen molar-refractivity contribution in [2.24, 2.45) is 5.73 Å². The van der Waals surface area contributed by atoms with Gasteiger partial charge in [-0.05, 0) is 43.4 Å². The molecule has 29 heavy (non-hydrogen) atoms. The topological polar surface area (TPSA) is 130 Å². The quantitative estimate of drug-likeness (QED) is 0.375. The van der Waals surface area contributed by atoms with Crippen molar-refractivity contribution in [2.75, 3.05) is 10.6 Å². The standard InChI is InChI=1S/C19H25N7O2S/c20-14-3-7-16(8-4-14)24-18-11-17(19-21-9-10-26(19)25-18)23-15-5-1-13(2-6-15)12-22-29(27)28/h1-2,5-6,9-11,14,16,22-23H,3-4,7-8,12,20H2,(H,24,25)(H,27,28). The number of hydrogen-bond donors (Lipinski definition) is 5. The van der Waals surface area contributed by atoms with Gasteiger partial charge in [-0.25, -0.2) is 18.4 Å². The van der Waals surface area contributed by atoms with Gasteiger partial charge in [-0.2, -0.15) is 0 Å². The molecule has 0 bridgehead atoms. The summed E-state index contributed by atoms with van der Waals surface area (Å²) < 4.78 is 23.8. The van der Waals surface area contributed by atoms with Crippen LogP contribution in [0.4, 0.5) is 17.2 Å². The lowest BCUT2D eigenvalue weighted by molar-refractivity contribution is 0.410. The first-order valence-electron chi connectivity index (χ1n) is 9.63. The number of nitrogens with two attached hydrogens (primary N) is 1. The number of anilines is 3. The maximum atomic E-state index is 10.7. The summed E-state index contributed by atoms with van der Waals surface area (Å²) in [6.07, 6.45) is 7.69. The third-order valence-corrected chi connectivity index (χ3v) is 5.51. The predicted octanol–water partition coefficient (Wildman–Crippen LogP) is 2.38. The van der Waals surface area contributed by atoms with E-state index < -0.39 is 11.3 Å². The highest BCUT2D eigenvalue weighted by atomic mass is 32.2. The molecule has 1 atom stereocenters. The van der Waals surface area contributed by atoms with Crippen LogP contribution in [0.2, 0.25) is 0 Å². The van der Waals surface area contributed by atoms with E-state index in [0.29, 0.717) is 18.6 Å². The van der Waals surface area contributed by atoms with Crippen LogP contribution >= 0.6 is 0 Å². The van der Waals surface area contributed by atoms with Gasteiger partial charge < -0.3 is 16.4 Å². The molecule has 4 rings (SSSR count). The molecule has 1 unspecified atom stereocenters. The number of nitrogens with one attached hydrogen (secondary N) is 3. The van der Waals surface area contributed by atoms with Crippen molar-refractivity contribution < 1.29 is 8.76 Å². The monoisotopic (exact) mass is 415 g/mol. The third-order valence-electron chi connectivity index (χ3n) is 5.12. The van der Waals surface area contributed by atoms with Gasteiger partial charge in [0.2, 0.25) is 11.3 Å². The minimum Gasteiger partial charge on any atom is -0.366 e. The fourth-order valence-electron chi connectivity index (χ4n) is 3.56. The zero-order valence-electron chi connectivity index (χ0n) is 15.9. The van der Waals surface area contributed by atoms with Crippen LogP contribution in [0.5, 0.6) is 0 Å². The predicted molar refractivity (Wildman–Crippen MR) is 114 cm³/mol. The summed E-state index contributed by atoms with van der Waals surface area (Å²) in [5.41, 5.74) is 9.40. The Labute approximate surface area is 171 Å². The highest BCUT2D eigenvalue weighted by molar-refractivity contribution is 7.77. The van der Waals surface area contributed by atoms with E-state index in [-0.39, 0.29) is 0 Å². The number of fused-ring (bicyclic) bond motifs is 1. The number of hydrogen-bond acceptors (Lipinski definition) is 6. The lowest BCUT2D eigenvalue weighted by atomic mass is 9.92. The molecule has 2 aromatic heterocycles. The molecule has 10 heteroatoms. The molecule has 0 saturated heterocycles. The van der Waals surface area contributed by atoms with Crippen molar-refractivity contribution in [1.82, 2.24) is 19.3 Å². The van der Waals surface area contributed by atoms with Gasteiger partial charge in [-0.15, -0.1) is 5.10 Å². The number of imidazole rings is 1. The van der Waals surface area contributed by atoms with Crippen molar-refractivity contribution in [1.29, 1.82) is 0 Å². The van der Waals surface area contributed by atoms with Crippen LogP contribution in [0.3, 0.4) is 0 Å². The maximum Gasteiger partial charge on any atom is 0.232 e. The average Bonchev–Trinajstić information content (AvgIpc) is 3.18. The molecule has 0 amide bonds. The summed E-state index contributed by atoms with van der Waals surface area (Å²) in [7, 11) is 0. The maximum absolute atomic E-state index is 10.7. The minimum absolute atomic E-state index is 0.310. The summed E-state index contributed by atoms with van der Waals surface area (Å²) in [5.74, 6) is 0.796. The molecular weight excluding hydrogens is 390 g/mol. The van der Waals surface area contributed by atoms with Gasteiger partial charge in [-0.3, -0.25) is 4.55 Å². The van der Waals surface area contributed by atoms with Crippen LogP contribution < -0.4 is 21.1 Å². The molecule has 2 heterocycles. The Kier molecular flexibility index (Phi) is 6.05. The van der Waals surface area contributed by atoms with E-state index in [9.17, 15) is 4.21 Å². The SMILES string of the molecule is NC1CCC(Nc2cc(Nc3ccc(CNS(=O)O)cc3)c3nccn3n2)CC1. The molecule has 1 saturated carbocycles. The second-order valence-corrected chi connectivity index (χ2v) is 8.07. The van der Waals surface area contributed by atoms with E-state index in [2.05, 4.69) is 25.4 Å². The first-order valence-corrected chi connectivity index (χ1v) is 10.7. The molecule has 1 fully saturated rings. The van der Waals surface area contributed by atoms with Gasteiger partial charge in [0.05, 0.1) is 5.69 Å². The zero-order chi connectivity index (χ0) is 20.2. The fourth-order valence-corrected chi connectivity index (χ4v) is 3.85. The molecule has 1 aliphatic rings. The summed E-state index contributed by atoms with van der Waals surface area (Å²) in [6, 6.07) is 10.3. The number of rotatable bonds is 7. The lowest BCUT2D eigenvalue weighted by Gasteiger charge is -2.27. The summed E-state index contributed by atoms with van der Waals surface area (Å²) in [5, 5.41) is 11.5. The van der Waals surface area contributed by atoms with Gasteiger partial charge in [0.25, 0.3) is 0 Å². The Balaban J connectivity index is 1.50. The van der Waals surface area contributed by atoms with Crippen LogP contribution in [0.25, 0.3) is 5.65 Å². The number of nitrogens with zero attached hydrogens (tertiary/aromatic N) is 3. The number of aromatic nitrogens is 3. The van der Waals surface area contributed by atoms with E-state index in [1.54, 1.807) is 10.7 Å². The molecule has 0 spiro atoms. The Morgan fingerprint density at radius 2 is 1.97 bits per heavy atom.